The molecule has 0 atom stereocenters. The van der Waals surface area contributed by atoms with Crippen LogP contribution in [0.1, 0.15) is 50.7 Å². The molecule has 2 amide bonds. The molecule has 4 rings (SSSR count). The molecule has 0 fully saturated rings. The summed E-state index contributed by atoms with van der Waals surface area (Å²) in [6.45, 7) is 2.47. The number of carbonyl (C=O) groups excluding carboxylic acids is 2. The summed E-state index contributed by atoms with van der Waals surface area (Å²) in [6.07, 6.45) is 3.88. The molecule has 0 unspecified atom stereocenters. The Kier molecular flexibility index (Phi) is 5.19. The minimum absolute atomic E-state index is 0.0543. The Hall–Kier alpha value is -3.00. The third-order valence-electron chi connectivity index (χ3n) is 5.23. The van der Waals surface area contributed by atoms with Crippen LogP contribution in [0.15, 0.2) is 29.1 Å². The van der Waals surface area contributed by atoms with E-state index in [-0.39, 0.29) is 17.4 Å². The van der Waals surface area contributed by atoms with Gasteiger partial charge in [0, 0.05) is 31.3 Å². The molecule has 1 aliphatic heterocycles. The number of fused-ring (bicyclic) bond motifs is 2. The van der Waals surface area contributed by atoms with Gasteiger partial charge in [0.25, 0.3) is 17.4 Å². The fourth-order valence-corrected chi connectivity index (χ4v) is 4.78. The molecule has 150 valence electrons. The van der Waals surface area contributed by atoms with Crippen molar-refractivity contribution in [2.24, 2.45) is 0 Å². The fraction of sp³-hybridized carbons (Fsp3) is 0.333. The summed E-state index contributed by atoms with van der Waals surface area (Å²) in [5.41, 5.74) is 1.58. The normalized spacial score (nSPS) is 13.6. The van der Waals surface area contributed by atoms with Crippen LogP contribution in [-0.2, 0) is 13.0 Å². The topological polar surface area (TPSA) is 93.1 Å². The second kappa shape index (κ2) is 7.79. The number of anilines is 1. The lowest BCUT2D eigenvalue weighted by Crippen LogP contribution is -2.24. The Morgan fingerprint density at radius 1 is 1.17 bits per heavy atom. The molecule has 0 saturated heterocycles. The van der Waals surface area contributed by atoms with Crippen molar-refractivity contribution >= 4 is 39.1 Å². The van der Waals surface area contributed by atoms with Gasteiger partial charge in [0.1, 0.15) is 10.7 Å². The maximum absolute atomic E-state index is 13.0. The Morgan fingerprint density at radius 3 is 2.79 bits per heavy atom. The molecular weight excluding hydrogens is 388 g/mol. The molecular formula is C21H22N4O3S. The lowest BCUT2D eigenvalue weighted by molar-refractivity contribution is 0.0961. The molecule has 1 aliphatic rings. The molecule has 0 aliphatic carbocycles. The summed E-state index contributed by atoms with van der Waals surface area (Å²) < 4.78 is 1.77. The molecule has 1 aromatic carbocycles. The maximum atomic E-state index is 13.0. The summed E-state index contributed by atoms with van der Waals surface area (Å²) in [5.74, 6) is 0.281. The predicted molar refractivity (Wildman–Crippen MR) is 114 cm³/mol. The van der Waals surface area contributed by atoms with Crippen LogP contribution >= 0.6 is 11.3 Å². The van der Waals surface area contributed by atoms with E-state index in [1.165, 1.54) is 11.3 Å². The van der Waals surface area contributed by atoms with E-state index in [0.29, 0.717) is 38.5 Å². The van der Waals surface area contributed by atoms with Crippen LogP contribution in [-0.4, -0.2) is 28.4 Å². The monoisotopic (exact) mass is 410 g/mol. The van der Waals surface area contributed by atoms with Gasteiger partial charge in [0.2, 0.25) is 0 Å². The summed E-state index contributed by atoms with van der Waals surface area (Å²) >= 11 is 1.24. The number of aryl methyl sites for hydroxylation is 2. The smallest absolute Gasteiger partial charge is 0.266 e. The minimum Gasteiger partial charge on any atom is -0.355 e. The van der Waals surface area contributed by atoms with Crippen molar-refractivity contribution in [3.8, 4) is 0 Å². The Morgan fingerprint density at radius 2 is 2.00 bits per heavy atom. The number of hydrogen-bond donors (Lipinski definition) is 2. The minimum atomic E-state index is -0.306. The van der Waals surface area contributed by atoms with Crippen molar-refractivity contribution in [3.05, 3.63) is 56.4 Å². The van der Waals surface area contributed by atoms with Crippen LogP contribution in [0.3, 0.4) is 0 Å². The van der Waals surface area contributed by atoms with Crippen LogP contribution in [0, 0.1) is 6.92 Å². The quantitative estimate of drug-likeness (QED) is 0.694. The Balaban J connectivity index is 1.70. The van der Waals surface area contributed by atoms with Crippen LogP contribution in [0.2, 0.25) is 0 Å². The van der Waals surface area contributed by atoms with Gasteiger partial charge in [-0.15, -0.1) is 11.3 Å². The number of amides is 2. The highest BCUT2D eigenvalue weighted by Crippen LogP contribution is 2.29. The number of nitrogens with zero attached hydrogens (tertiary/aromatic N) is 2. The van der Waals surface area contributed by atoms with E-state index in [0.717, 1.165) is 31.5 Å². The van der Waals surface area contributed by atoms with Crippen molar-refractivity contribution in [1.29, 1.82) is 0 Å². The Bertz CT molecular complexity index is 1180. The van der Waals surface area contributed by atoms with Gasteiger partial charge in [-0.25, -0.2) is 4.98 Å². The van der Waals surface area contributed by atoms with Crippen LogP contribution in [0.25, 0.3) is 10.2 Å². The third-order valence-corrected chi connectivity index (χ3v) is 6.41. The molecule has 0 spiro atoms. The average molecular weight is 410 g/mol. The molecule has 29 heavy (non-hydrogen) atoms. The zero-order valence-electron chi connectivity index (χ0n) is 16.4. The van der Waals surface area contributed by atoms with E-state index >= 15 is 0 Å². The van der Waals surface area contributed by atoms with Gasteiger partial charge in [-0.1, -0.05) is 12.5 Å². The number of aromatic nitrogens is 2. The van der Waals surface area contributed by atoms with E-state index in [1.54, 1.807) is 42.8 Å². The summed E-state index contributed by atoms with van der Waals surface area (Å²) in [4.78, 5) is 43.6. The van der Waals surface area contributed by atoms with Gasteiger partial charge in [-0.05, 0) is 43.5 Å². The largest absolute Gasteiger partial charge is 0.355 e. The van der Waals surface area contributed by atoms with E-state index in [2.05, 4.69) is 10.6 Å². The molecule has 0 saturated carbocycles. The van der Waals surface area contributed by atoms with Crippen molar-refractivity contribution in [3.63, 3.8) is 0 Å². The maximum Gasteiger partial charge on any atom is 0.266 e. The number of rotatable bonds is 3. The lowest BCUT2D eigenvalue weighted by Gasteiger charge is -2.08. The number of hydrogen-bond acceptors (Lipinski definition) is 5. The SMILES string of the molecule is CNC(=O)c1cccc(NC(=O)c2sc3nc4n(c(=O)c3c2C)CCCCC4)c1. The molecule has 3 aromatic rings. The van der Waals surface area contributed by atoms with Crippen LogP contribution in [0.4, 0.5) is 5.69 Å². The highest BCUT2D eigenvalue weighted by atomic mass is 32.1. The first-order valence-corrected chi connectivity index (χ1v) is 10.5. The zero-order valence-corrected chi connectivity index (χ0v) is 17.2. The van der Waals surface area contributed by atoms with E-state index < -0.39 is 0 Å². The van der Waals surface area contributed by atoms with E-state index in [9.17, 15) is 14.4 Å². The van der Waals surface area contributed by atoms with E-state index in [1.807, 2.05) is 0 Å². The zero-order chi connectivity index (χ0) is 20.5. The second-order valence-corrected chi connectivity index (χ2v) is 8.14. The van der Waals surface area contributed by atoms with Gasteiger partial charge >= 0.3 is 0 Å². The van der Waals surface area contributed by atoms with Crippen LogP contribution in [0.5, 0.6) is 0 Å². The first-order chi connectivity index (χ1) is 14.0. The highest BCUT2D eigenvalue weighted by Gasteiger charge is 2.22. The number of thiophene rings is 1. The van der Waals surface area contributed by atoms with Gasteiger partial charge in [0.15, 0.2) is 0 Å². The molecule has 0 radical (unpaired) electrons. The molecule has 3 heterocycles. The second-order valence-electron chi connectivity index (χ2n) is 7.15. The molecule has 8 heteroatoms. The Labute approximate surface area is 171 Å². The summed E-state index contributed by atoms with van der Waals surface area (Å²) in [7, 11) is 1.56. The highest BCUT2D eigenvalue weighted by molar-refractivity contribution is 7.20. The van der Waals surface area contributed by atoms with Gasteiger partial charge in [-0.3, -0.25) is 19.0 Å². The van der Waals surface area contributed by atoms with Crippen molar-refractivity contribution in [2.45, 2.75) is 39.2 Å². The van der Waals surface area contributed by atoms with Crippen molar-refractivity contribution < 1.29 is 9.59 Å². The predicted octanol–water partition coefficient (Wildman–Crippen LogP) is 3.10. The van der Waals surface area contributed by atoms with Crippen LogP contribution < -0.4 is 16.2 Å². The average Bonchev–Trinajstić information content (AvgIpc) is 2.89. The van der Waals surface area contributed by atoms with Gasteiger partial charge in [0.05, 0.1) is 10.3 Å². The number of nitrogens with one attached hydrogen (secondary N) is 2. The van der Waals surface area contributed by atoms with Gasteiger partial charge < -0.3 is 10.6 Å². The van der Waals surface area contributed by atoms with E-state index in [4.69, 9.17) is 4.98 Å². The number of carbonyl (C=O) groups is 2. The van der Waals surface area contributed by atoms with Crippen molar-refractivity contribution in [1.82, 2.24) is 14.9 Å². The molecule has 2 N–H and O–H groups in total. The summed E-state index contributed by atoms with van der Waals surface area (Å²) in [6, 6.07) is 6.73. The first kappa shape index (κ1) is 19.3. The third kappa shape index (κ3) is 3.55. The molecule has 7 nitrogen and oxygen atoms in total. The first-order valence-electron chi connectivity index (χ1n) is 9.66. The fourth-order valence-electron chi connectivity index (χ4n) is 3.70. The number of benzene rings is 1. The lowest BCUT2D eigenvalue weighted by atomic mass is 10.1. The van der Waals surface area contributed by atoms with Gasteiger partial charge in [-0.2, -0.15) is 0 Å². The molecule has 2 aromatic heterocycles. The molecule has 0 bridgehead atoms. The standard InChI is InChI=1S/C21H22N4O3S/c1-12-16-20(24-15-9-4-3-5-10-25(15)21(16)28)29-17(12)19(27)23-14-8-6-7-13(11-14)18(26)22-2/h6-8,11H,3-5,9-10H2,1-2H3,(H,22,26)(H,23,27). The van der Waals surface area contributed by atoms with Crippen molar-refractivity contribution in [2.75, 3.05) is 12.4 Å². The summed E-state index contributed by atoms with van der Waals surface area (Å²) in [5, 5.41) is 5.93.